The molecule has 0 saturated carbocycles. The van der Waals surface area contributed by atoms with Crippen molar-refractivity contribution >= 4 is 0 Å². The minimum absolute atomic E-state index is 0.437. The fourth-order valence-electron chi connectivity index (χ4n) is 2.41. The van der Waals surface area contributed by atoms with Gasteiger partial charge in [-0.1, -0.05) is 24.2 Å². The smallest absolute Gasteiger partial charge is 0.134 e. The van der Waals surface area contributed by atoms with E-state index in [9.17, 15) is 0 Å². The Hall–Kier alpha value is -1.81. The molecule has 114 valence electrons. The lowest BCUT2D eigenvalue weighted by molar-refractivity contribution is 0.284. The molecule has 4 nitrogen and oxygen atoms in total. The van der Waals surface area contributed by atoms with E-state index in [0.717, 1.165) is 47.8 Å². The Morgan fingerprint density at radius 2 is 1.86 bits per heavy atom. The molecule has 0 unspecified atom stereocenters. The fourth-order valence-corrected chi connectivity index (χ4v) is 2.41. The molecular weight excluding hydrogens is 264 g/mol. The zero-order chi connectivity index (χ0) is 15.2. The summed E-state index contributed by atoms with van der Waals surface area (Å²) in [5, 5.41) is 7.37. The second-order valence-corrected chi connectivity index (χ2v) is 5.45. The lowest BCUT2D eigenvalue weighted by atomic mass is 10.1. The van der Waals surface area contributed by atoms with E-state index in [-0.39, 0.29) is 0 Å². The van der Waals surface area contributed by atoms with Gasteiger partial charge < -0.3 is 14.6 Å². The molecule has 0 aliphatic rings. The molecule has 0 aliphatic carbocycles. The predicted molar refractivity (Wildman–Crippen MR) is 83.5 cm³/mol. The quantitative estimate of drug-likeness (QED) is 0.790. The highest BCUT2D eigenvalue weighted by Gasteiger charge is 2.08. The van der Waals surface area contributed by atoms with Gasteiger partial charge in [0.1, 0.15) is 23.8 Å². The van der Waals surface area contributed by atoms with Crippen LogP contribution >= 0.6 is 0 Å². The molecule has 4 heteroatoms. The van der Waals surface area contributed by atoms with Gasteiger partial charge in [0, 0.05) is 12.6 Å². The molecule has 1 aromatic carbocycles. The molecule has 2 rings (SSSR count). The fraction of sp³-hybridized carbons (Fsp3) is 0.471. The zero-order valence-corrected chi connectivity index (χ0v) is 13.3. The van der Waals surface area contributed by atoms with Gasteiger partial charge in [-0.25, -0.2) is 0 Å². The Balaban J connectivity index is 2.02. The SMILES string of the molecule is CCCNCc1cc(C)c(OCc2cc(C)on2)c(C)c1. The second-order valence-electron chi connectivity index (χ2n) is 5.45. The van der Waals surface area contributed by atoms with Crippen LogP contribution in [0.3, 0.4) is 0 Å². The van der Waals surface area contributed by atoms with Crippen LogP contribution in [0.4, 0.5) is 0 Å². The standard InChI is InChI=1S/C17H24N2O2/c1-5-6-18-10-15-7-12(2)17(13(3)8-15)20-11-16-9-14(4)21-19-16/h7-9,18H,5-6,10-11H2,1-4H3. The van der Waals surface area contributed by atoms with Crippen LogP contribution in [0.1, 0.15) is 41.5 Å². The lowest BCUT2D eigenvalue weighted by Crippen LogP contribution is -2.14. The first kappa shape index (κ1) is 15.6. The van der Waals surface area contributed by atoms with Gasteiger partial charge in [0.2, 0.25) is 0 Å². The number of nitrogens with one attached hydrogen (secondary N) is 1. The van der Waals surface area contributed by atoms with Crippen LogP contribution in [0.2, 0.25) is 0 Å². The van der Waals surface area contributed by atoms with Gasteiger partial charge >= 0.3 is 0 Å². The monoisotopic (exact) mass is 288 g/mol. The van der Waals surface area contributed by atoms with Crippen molar-refractivity contribution in [3.63, 3.8) is 0 Å². The highest BCUT2D eigenvalue weighted by Crippen LogP contribution is 2.25. The summed E-state index contributed by atoms with van der Waals surface area (Å²) >= 11 is 0. The van der Waals surface area contributed by atoms with E-state index in [0.29, 0.717) is 6.61 Å². The normalized spacial score (nSPS) is 10.9. The van der Waals surface area contributed by atoms with Crippen molar-refractivity contribution in [1.29, 1.82) is 0 Å². The minimum Gasteiger partial charge on any atom is -0.487 e. The number of nitrogens with zero attached hydrogens (tertiary/aromatic N) is 1. The Morgan fingerprint density at radius 1 is 1.14 bits per heavy atom. The summed E-state index contributed by atoms with van der Waals surface area (Å²) in [5.74, 6) is 1.74. The topological polar surface area (TPSA) is 47.3 Å². The number of hydrogen-bond donors (Lipinski definition) is 1. The largest absolute Gasteiger partial charge is 0.487 e. The van der Waals surface area contributed by atoms with Crippen molar-refractivity contribution in [1.82, 2.24) is 10.5 Å². The van der Waals surface area contributed by atoms with E-state index in [2.05, 4.69) is 43.4 Å². The van der Waals surface area contributed by atoms with E-state index >= 15 is 0 Å². The summed E-state index contributed by atoms with van der Waals surface area (Å²) in [6.45, 7) is 10.6. The minimum atomic E-state index is 0.437. The summed E-state index contributed by atoms with van der Waals surface area (Å²) in [6, 6.07) is 6.26. The van der Waals surface area contributed by atoms with E-state index < -0.39 is 0 Å². The van der Waals surface area contributed by atoms with Crippen LogP contribution in [-0.4, -0.2) is 11.7 Å². The Labute approximate surface area is 126 Å². The number of aromatic nitrogens is 1. The maximum absolute atomic E-state index is 5.90. The first-order valence-corrected chi connectivity index (χ1v) is 7.46. The van der Waals surface area contributed by atoms with E-state index in [1.54, 1.807) is 0 Å². The molecule has 2 aromatic rings. The molecule has 0 aliphatic heterocycles. The maximum Gasteiger partial charge on any atom is 0.134 e. The van der Waals surface area contributed by atoms with E-state index in [4.69, 9.17) is 9.26 Å². The average molecular weight is 288 g/mol. The van der Waals surface area contributed by atoms with Crippen LogP contribution in [-0.2, 0) is 13.2 Å². The maximum atomic E-state index is 5.90. The van der Waals surface area contributed by atoms with Crippen LogP contribution in [0.25, 0.3) is 0 Å². The molecule has 1 heterocycles. The Bertz CT molecular complexity index is 567. The van der Waals surface area contributed by atoms with Crippen molar-refractivity contribution in [3.05, 3.63) is 46.3 Å². The van der Waals surface area contributed by atoms with Gasteiger partial charge in [-0.05, 0) is 50.4 Å². The summed E-state index contributed by atoms with van der Waals surface area (Å²) in [4.78, 5) is 0. The van der Waals surface area contributed by atoms with Gasteiger partial charge in [0.25, 0.3) is 0 Å². The summed E-state index contributed by atoms with van der Waals surface area (Å²) in [7, 11) is 0. The molecule has 1 N–H and O–H groups in total. The summed E-state index contributed by atoms with van der Waals surface area (Å²) in [6.07, 6.45) is 1.15. The molecule has 0 fully saturated rings. The molecule has 0 atom stereocenters. The molecule has 0 amide bonds. The zero-order valence-electron chi connectivity index (χ0n) is 13.3. The molecule has 0 bridgehead atoms. The lowest BCUT2D eigenvalue weighted by Gasteiger charge is -2.13. The number of aryl methyl sites for hydroxylation is 3. The van der Waals surface area contributed by atoms with Crippen molar-refractivity contribution in [2.24, 2.45) is 0 Å². The summed E-state index contributed by atoms with van der Waals surface area (Å²) in [5.41, 5.74) is 4.43. The molecule has 1 aromatic heterocycles. The van der Waals surface area contributed by atoms with Crippen LogP contribution in [0.15, 0.2) is 22.7 Å². The van der Waals surface area contributed by atoms with Crippen molar-refractivity contribution < 1.29 is 9.26 Å². The van der Waals surface area contributed by atoms with Gasteiger partial charge in [0.05, 0.1) is 0 Å². The molecule has 0 saturated heterocycles. The molecule has 21 heavy (non-hydrogen) atoms. The molecule has 0 spiro atoms. The van der Waals surface area contributed by atoms with Gasteiger partial charge in [-0.3, -0.25) is 0 Å². The van der Waals surface area contributed by atoms with Gasteiger partial charge in [-0.15, -0.1) is 0 Å². The van der Waals surface area contributed by atoms with Crippen LogP contribution in [0, 0.1) is 20.8 Å². The highest BCUT2D eigenvalue weighted by molar-refractivity contribution is 5.43. The summed E-state index contributed by atoms with van der Waals surface area (Å²) < 4.78 is 11.0. The number of benzene rings is 1. The van der Waals surface area contributed by atoms with Crippen LogP contribution in [0.5, 0.6) is 5.75 Å². The van der Waals surface area contributed by atoms with Crippen LogP contribution < -0.4 is 10.1 Å². The van der Waals surface area contributed by atoms with Crippen molar-refractivity contribution in [3.8, 4) is 5.75 Å². The van der Waals surface area contributed by atoms with Gasteiger partial charge in [0.15, 0.2) is 0 Å². The number of ether oxygens (including phenoxy) is 1. The predicted octanol–water partition coefficient (Wildman–Crippen LogP) is 3.68. The Morgan fingerprint density at radius 3 is 2.43 bits per heavy atom. The second kappa shape index (κ2) is 7.27. The highest BCUT2D eigenvalue weighted by atomic mass is 16.5. The van der Waals surface area contributed by atoms with Crippen molar-refractivity contribution in [2.75, 3.05) is 6.54 Å². The Kier molecular flexibility index (Phi) is 5.39. The average Bonchev–Trinajstić information content (AvgIpc) is 2.84. The third-order valence-corrected chi connectivity index (χ3v) is 3.32. The molecule has 0 radical (unpaired) electrons. The first-order valence-electron chi connectivity index (χ1n) is 7.46. The first-order chi connectivity index (χ1) is 10.1. The van der Waals surface area contributed by atoms with Crippen molar-refractivity contribution in [2.45, 2.75) is 47.3 Å². The number of rotatable bonds is 7. The van der Waals surface area contributed by atoms with Gasteiger partial charge in [-0.2, -0.15) is 0 Å². The third kappa shape index (κ3) is 4.33. The third-order valence-electron chi connectivity index (χ3n) is 3.32. The molecular formula is C17H24N2O2. The van der Waals surface area contributed by atoms with E-state index in [1.807, 2.05) is 13.0 Å². The van der Waals surface area contributed by atoms with E-state index in [1.165, 1.54) is 5.56 Å². The number of hydrogen-bond acceptors (Lipinski definition) is 4.